The van der Waals surface area contributed by atoms with Gasteiger partial charge in [0, 0.05) is 45.3 Å². The monoisotopic (exact) mass is 595 g/mol. The highest BCUT2D eigenvalue weighted by atomic mass is 32.2. The Hall–Kier alpha value is -3.77. The number of hydrogen-bond donors (Lipinski definition) is 3. The summed E-state index contributed by atoms with van der Waals surface area (Å²) in [5.41, 5.74) is 5.37. The van der Waals surface area contributed by atoms with Gasteiger partial charge in [0.1, 0.15) is 5.75 Å². The Morgan fingerprint density at radius 3 is 2.33 bits per heavy atom. The molecule has 10 nitrogen and oxygen atoms in total. The van der Waals surface area contributed by atoms with Gasteiger partial charge in [0.15, 0.2) is 21.5 Å². The zero-order valence-electron chi connectivity index (χ0n) is 23.6. The first kappa shape index (κ1) is 31.2. The molecule has 224 valence electrons. The lowest BCUT2D eigenvalue weighted by Crippen LogP contribution is -2.53. The molecule has 3 aromatic carbocycles. The summed E-state index contributed by atoms with van der Waals surface area (Å²) < 4.78 is 43.8. The van der Waals surface area contributed by atoms with Gasteiger partial charge in [0.2, 0.25) is 5.90 Å². The smallest absolute Gasteiger partial charge is 0.266 e. The van der Waals surface area contributed by atoms with E-state index in [2.05, 4.69) is 10.9 Å². The summed E-state index contributed by atoms with van der Waals surface area (Å²) in [6.45, 7) is 1.37. The minimum Gasteiger partial charge on any atom is -0.494 e. The molecule has 11 heteroatoms. The average Bonchev–Trinajstić information content (AvgIpc) is 3.42. The van der Waals surface area contributed by atoms with Crippen molar-refractivity contribution in [3.63, 3.8) is 0 Å². The normalized spacial score (nSPS) is 18.2. The van der Waals surface area contributed by atoms with E-state index in [0.29, 0.717) is 49.5 Å². The predicted molar refractivity (Wildman–Crippen MR) is 159 cm³/mol. The first-order chi connectivity index (χ1) is 20.4. The van der Waals surface area contributed by atoms with Crippen molar-refractivity contribution in [2.45, 2.75) is 35.8 Å². The van der Waals surface area contributed by atoms with Gasteiger partial charge in [-0.3, -0.25) is 10.2 Å². The molecule has 3 aromatic rings. The molecule has 0 fully saturated rings. The summed E-state index contributed by atoms with van der Waals surface area (Å²) >= 11 is 0. The van der Waals surface area contributed by atoms with Gasteiger partial charge in [-0.1, -0.05) is 48.5 Å². The number of carbonyl (C=O) groups excluding carboxylic acids is 1. The quantitative estimate of drug-likeness (QED) is 0.170. The highest BCUT2D eigenvalue weighted by Crippen LogP contribution is 2.43. The largest absolute Gasteiger partial charge is 0.494 e. The van der Waals surface area contributed by atoms with E-state index >= 15 is 0 Å². The molecular formula is C31H37N3O7S. The molecule has 3 N–H and O–H groups in total. The number of carbonyl (C=O) groups is 1. The van der Waals surface area contributed by atoms with E-state index in [4.69, 9.17) is 24.3 Å². The van der Waals surface area contributed by atoms with Crippen molar-refractivity contribution in [2.24, 2.45) is 4.99 Å². The number of aliphatic imine (C=N–C) groups is 1. The minimum absolute atomic E-state index is 0.0367. The fourth-order valence-corrected chi connectivity index (χ4v) is 5.98. The van der Waals surface area contributed by atoms with E-state index in [9.17, 15) is 13.2 Å². The number of ether oxygens (including phenoxy) is 3. The zero-order chi connectivity index (χ0) is 29.8. The summed E-state index contributed by atoms with van der Waals surface area (Å²) in [4.78, 5) is 19.0. The Kier molecular flexibility index (Phi) is 11.1. The third kappa shape index (κ3) is 7.74. The van der Waals surface area contributed by atoms with E-state index in [0.717, 1.165) is 0 Å². The standard InChI is InChI=1S/C31H37N3O7S/c1-39-21-8-19-32-34-30(36)31(18-23-42(37,38)27-12-6-3-7-13-27)28(24-10-4-2-5-11-24)41-29(33-31)25-14-16-26(17-15-25)40-22-9-20-35/h2-7,10-17,28,32,35H,8-9,18-23H2,1H3,(H,34,36)/t28-,31-/m0/s1. The van der Waals surface area contributed by atoms with E-state index < -0.39 is 27.4 Å². The first-order valence-electron chi connectivity index (χ1n) is 13.9. The van der Waals surface area contributed by atoms with Gasteiger partial charge in [-0.2, -0.15) is 0 Å². The zero-order valence-corrected chi connectivity index (χ0v) is 24.4. The molecule has 42 heavy (non-hydrogen) atoms. The van der Waals surface area contributed by atoms with Crippen LogP contribution in [0.15, 0.2) is 94.8 Å². The van der Waals surface area contributed by atoms with Crippen molar-refractivity contribution in [1.82, 2.24) is 10.9 Å². The van der Waals surface area contributed by atoms with Crippen LogP contribution in [0.1, 0.15) is 36.5 Å². The topological polar surface area (TPSA) is 136 Å². The molecule has 0 radical (unpaired) electrons. The number of aliphatic hydroxyl groups excluding tert-OH is 1. The van der Waals surface area contributed by atoms with Crippen LogP contribution in [-0.2, 0) is 24.1 Å². The van der Waals surface area contributed by atoms with E-state index in [1.165, 1.54) is 12.1 Å². The second-order valence-electron chi connectivity index (χ2n) is 9.81. The fraction of sp³-hybridized carbons (Fsp3) is 0.355. The van der Waals surface area contributed by atoms with Crippen molar-refractivity contribution in [1.29, 1.82) is 0 Å². The van der Waals surface area contributed by atoms with Crippen LogP contribution in [0, 0.1) is 0 Å². The average molecular weight is 596 g/mol. The molecule has 0 bridgehead atoms. The number of methoxy groups -OCH3 is 1. The molecule has 0 unspecified atom stereocenters. The number of hydrogen-bond acceptors (Lipinski definition) is 9. The van der Waals surface area contributed by atoms with Gasteiger partial charge < -0.3 is 19.3 Å². The molecular weight excluding hydrogens is 558 g/mol. The van der Waals surface area contributed by atoms with Crippen LogP contribution in [0.5, 0.6) is 5.75 Å². The third-order valence-electron chi connectivity index (χ3n) is 6.84. The maximum Gasteiger partial charge on any atom is 0.266 e. The Morgan fingerprint density at radius 1 is 0.976 bits per heavy atom. The SMILES string of the molecule is COCCCNNC(=O)[C@@]1(CCS(=O)(=O)c2ccccc2)N=C(c2ccc(OCCCO)cc2)O[C@H]1c1ccccc1. The second-order valence-corrected chi connectivity index (χ2v) is 11.9. The number of amides is 1. The molecule has 1 amide bonds. The number of rotatable bonds is 16. The lowest BCUT2D eigenvalue weighted by Gasteiger charge is -2.30. The first-order valence-corrected chi connectivity index (χ1v) is 15.5. The fourth-order valence-electron chi connectivity index (χ4n) is 4.59. The van der Waals surface area contributed by atoms with Crippen molar-refractivity contribution in [3.05, 3.63) is 96.1 Å². The maximum absolute atomic E-state index is 14.0. The number of benzene rings is 3. The molecule has 2 atom stereocenters. The Morgan fingerprint density at radius 2 is 1.67 bits per heavy atom. The van der Waals surface area contributed by atoms with E-state index in [1.807, 2.05) is 30.3 Å². The van der Waals surface area contributed by atoms with Gasteiger partial charge in [-0.15, -0.1) is 0 Å². The molecule has 0 aliphatic carbocycles. The summed E-state index contributed by atoms with van der Waals surface area (Å²) in [6, 6.07) is 24.4. The Balaban J connectivity index is 1.70. The minimum atomic E-state index is -3.73. The molecule has 0 spiro atoms. The van der Waals surface area contributed by atoms with Crippen molar-refractivity contribution in [3.8, 4) is 5.75 Å². The third-order valence-corrected chi connectivity index (χ3v) is 8.57. The van der Waals surface area contributed by atoms with Crippen LogP contribution < -0.4 is 15.6 Å². The summed E-state index contributed by atoms with van der Waals surface area (Å²) in [5.74, 6) is 0.00638. The summed E-state index contributed by atoms with van der Waals surface area (Å²) in [5, 5.41) is 9.00. The van der Waals surface area contributed by atoms with Crippen molar-refractivity contribution < 1.29 is 32.5 Å². The number of nitrogens with one attached hydrogen (secondary N) is 2. The maximum atomic E-state index is 14.0. The van der Waals surface area contributed by atoms with Crippen LogP contribution in [0.3, 0.4) is 0 Å². The molecule has 0 aromatic heterocycles. The number of hydrazine groups is 1. The molecule has 1 aliphatic heterocycles. The van der Waals surface area contributed by atoms with Gasteiger partial charge in [-0.05, 0) is 48.4 Å². The molecule has 4 rings (SSSR count). The molecule has 0 saturated carbocycles. The highest BCUT2D eigenvalue weighted by molar-refractivity contribution is 7.91. The van der Waals surface area contributed by atoms with Gasteiger partial charge >= 0.3 is 0 Å². The van der Waals surface area contributed by atoms with Crippen LogP contribution in [0.4, 0.5) is 0 Å². The number of aliphatic hydroxyl groups is 1. The molecule has 1 aliphatic rings. The van der Waals surface area contributed by atoms with Crippen LogP contribution >= 0.6 is 0 Å². The molecule has 1 heterocycles. The van der Waals surface area contributed by atoms with E-state index in [1.54, 1.807) is 49.6 Å². The van der Waals surface area contributed by atoms with Crippen LogP contribution in [0.25, 0.3) is 0 Å². The van der Waals surface area contributed by atoms with E-state index in [-0.39, 0.29) is 29.6 Å². The van der Waals surface area contributed by atoms with Gasteiger partial charge in [0.05, 0.1) is 17.3 Å². The second kappa shape index (κ2) is 14.9. The Bertz CT molecular complexity index is 1420. The highest BCUT2D eigenvalue weighted by Gasteiger charge is 2.53. The lowest BCUT2D eigenvalue weighted by molar-refractivity contribution is -0.130. The Labute approximate surface area is 246 Å². The number of sulfone groups is 1. The van der Waals surface area contributed by atoms with Crippen LogP contribution in [0.2, 0.25) is 0 Å². The molecule has 0 saturated heterocycles. The summed E-state index contributed by atoms with van der Waals surface area (Å²) in [6.07, 6.45) is 0.160. The lowest BCUT2D eigenvalue weighted by atomic mass is 9.85. The van der Waals surface area contributed by atoms with Gasteiger partial charge in [0.25, 0.3) is 5.91 Å². The predicted octanol–water partition coefficient (Wildman–Crippen LogP) is 3.23. The van der Waals surface area contributed by atoms with Gasteiger partial charge in [-0.25, -0.2) is 18.8 Å². The van der Waals surface area contributed by atoms with Crippen molar-refractivity contribution in [2.75, 3.05) is 39.2 Å². The van der Waals surface area contributed by atoms with Crippen LogP contribution in [-0.4, -0.2) is 70.1 Å². The van der Waals surface area contributed by atoms with Crippen molar-refractivity contribution >= 4 is 21.6 Å². The summed E-state index contributed by atoms with van der Waals surface area (Å²) in [7, 11) is -2.13. The number of nitrogens with zero attached hydrogens (tertiary/aromatic N) is 1.